The Morgan fingerprint density at radius 3 is 2.42 bits per heavy atom. The number of carbonyl (C=O) groups is 1. The van der Waals surface area contributed by atoms with Crippen molar-refractivity contribution in [3.8, 4) is 0 Å². The van der Waals surface area contributed by atoms with E-state index in [4.69, 9.17) is 0 Å². The van der Waals surface area contributed by atoms with Crippen LogP contribution in [-0.4, -0.2) is 27.4 Å². The first-order valence-electron chi connectivity index (χ1n) is 7.77. The Morgan fingerprint density at radius 1 is 1.08 bits per heavy atom. The molecule has 0 aliphatic heterocycles. The Balaban J connectivity index is 2.13. The number of amides is 1. The van der Waals surface area contributed by atoms with E-state index in [2.05, 4.69) is 4.72 Å². The van der Waals surface area contributed by atoms with Gasteiger partial charge in [0.05, 0.1) is 11.4 Å². The summed E-state index contributed by atoms with van der Waals surface area (Å²) in [5, 5.41) is 0. The molecule has 1 N–H and O–H groups in total. The first kappa shape index (κ1) is 18.2. The van der Waals surface area contributed by atoms with E-state index in [1.165, 1.54) is 6.07 Å². The van der Waals surface area contributed by atoms with Crippen LogP contribution in [0.5, 0.6) is 0 Å². The monoisotopic (exact) mass is 346 g/mol. The fourth-order valence-corrected chi connectivity index (χ4v) is 3.71. The van der Waals surface area contributed by atoms with Crippen molar-refractivity contribution in [3.63, 3.8) is 0 Å². The molecule has 0 unspecified atom stereocenters. The van der Waals surface area contributed by atoms with E-state index in [-0.39, 0.29) is 17.3 Å². The number of benzene rings is 2. The molecular formula is C18H22N2O3S. The summed E-state index contributed by atoms with van der Waals surface area (Å²) in [4.78, 5) is 14.2. The summed E-state index contributed by atoms with van der Waals surface area (Å²) < 4.78 is 27.2. The summed E-state index contributed by atoms with van der Waals surface area (Å²) in [6.07, 6.45) is 0. The Labute approximate surface area is 143 Å². The summed E-state index contributed by atoms with van der Waals surface area (Å²) in [7, 11) is -3.72. The van der Waals surface area contributed by atoms with Crippen molar-refractivity contribution in [3.05, 3.63) is 59.7 Å². The van der Waals surface area contributed by atoms with Gasteiger partial charge in [-0.1, -0.05) is 30.3 Å². The zero-order chi connectivity index (χ0) is 17.7. The predicted octanol–water partition coefficient (Wildman–Crippen LogP) is 2.63. The van der Waals surface area contributed by atoms with Crippen molar-refractivity contribution in [2.75, 3.05) is 18.0 Å². The van der Waals surface area contributed by atoms with Crippen molar-refractivity contribution < 1.29 is 13.2 Å². The molecule has 0 heterocycles. The molecule has 2 rings (SSSR count). The van der Waals surface area contributed by atoms with E-state index >= 15 is 0 Å². The number of carbonyl (C=O) groups excluding carboxylic acids is 1. The number of nitrogens with zero attached hydrogens (tertiary/aromatic N) is 1. The lowest BCUT2D eigenvalue weighted by Gasteiger charge is -2.21. The van der Waals surface area contributed by atoms with Gasteiger partial charge in [-0.05, 0) is 50.1 Å². The zero-order valence-electron chi connectivity index (χ0n) is 14.1. The average Bonchev–Trinajstić information content (AvgIpc) is 2.54. The third-order valence-corrected chi connectivity index (χ3v) is 5.29. The van der Waals surface area contributed by atoms with Gasteiger partial charge in [-0.2, -0.15) is 0 Å². The van der Waals surface area contributed by atoms with Crippen molar-refractivity contribution in [2.24, 2.45) is 0 Å². The van der Waals surface area contributed by atoms with Crippen LogP contribution in [0.1, 0.15) is 18.1 Å². The molecule has 24 heavy (non-hydrogen) atoms. The Hall–Kier alpha value is -2.18. The highest BCUT2D eigenvalue weighted by atomic mass is 32.2. The highest BCUT2D eigenvalue weighted by Crippen LogP contribution is 2.17. The molecule has 128 valence electrons. The summed E-state index contributed by atoms with van der Waals surface area (Å²) in [6, 6.07) is 14.2. The molecule has 0 bridgehead atoms. The quantitative estimate of drug-likeness (QED) is 0.874. The standard InChI is InChI=1S/C18H22N2O3S/c1-4-20(16-10-7-8-14(2)12-16)18(21)13-19-24(22,23)17-11-6-5-9-15(17)3/h5-12,19H,4,13H2,1-3H3. The molecule has 2 aromatic rings. The van der Waals surface area contributed by atoms with Crippen LogP contribution in [0.3, 0.4) is 0 Å². The normalized spacial score (nSPS) is 11.3. The zero-order valence-corrected chi connectivity index (χ0v) is 14.9. The molecule has 0 spiro atoms. The molecule has 0 fully saturated rings. The van der Waals surface area contributed by atoms with Crippen molar-refractivity contribution in [1.82, 2.24) is 4.72 Å². The molecule has 0 saturated heterocycles. The second kappa shape index (κ2) is 7.59. The topological polar surface area (TPSA) is 66.5 Å². The predicted molar refractivity (Wildman–Crippen MR) is 95.6 cm³/mol. The third-order valence-electron chi connectivity index (χ3n) is 3.73. The number of likely N-dealkylation sites (N-methyl/N-ethyl adjacent to an activating group) is 1. The molecule has 0 aliphatic rings. The third kappa shape index (κ3) is 4.21. The number of anilines is 1. The van der Waals surface area contributed by atoms with Gasteiger partial charge < -0.3 is 4.90 Å². The summed E-state index contributed by atoms with van der Waals surface area (Å²) in [5.74, 6) is -0.291. The highest BCUT2D eigenvalue weighted by molar-refractivity contribution is 7.89. The van der Waals surface area contributed by atoms with Crippen LogP contribution in [0, 0.1) is 13.8 Å². The van der Waals surface area contributed by atoms with Gasteiger partial charge in [0.1, 0.15) is 0 Å². The molecule has 1 amide bonds. The number of hydrogen-bond donors (Lipinski definition) is 1. The van der Waals surface area contributed by atoms with Crippen molar-refractivity contribution in [1.29, 1.82) is 0 Å². The van der Waals surface area contributed by atoms with Crippen LogP contribution in [0.25, 0.3) is 0 Å². The van der Waals surface area contributed by atoms with E-state index in [1.807, 2.05) is 38.1 Å². The lowest BCUT2D eigenvalue weighted by molar-refractivity contribution is -0.117. The van der Waals surface area contributed by atoms with E-state index in [1.54, 1.807) is 30.0 Å². The lowest BCUT2D eigenvalue weighted by Crippen LogP contribution is -2.40. The smallest absolute Gasteiger partial charge is 0.242 e. The van der Waals surface area contributed by atoms with Gasteiger partial charge in [-0.15, -0.1) is 0 Å². The molecule has 0 radical (unpaired) electrons. The second-order valence-corrected chi connectivity index (χ2v) is 7.30. The SMILES string of the molecule is CCN(C(=O)CNS(=O)(=O)c1ccccc1C)c1cccc(C)c1. The fourth-order valence-electron chi connectivity index (χ4n) is 2.49. The minimum absolute atomic E-state index is 0.191. The molecule has 0 aliphatic carbocycles. The van der Waals surface area contributed by atoms with Gasteiger partial charge in [-0.25, -0.2) is 13.1 Å². The van der Waals surface area contributed by atoms with Gasteiger partial charge in [0, 0.05) is 12.2 Å². The largest absolute Gasteiger partial charge is 0.312 e. The van der Waals surface area contributed by atoms with E-state index in [0.29, 0.717) is 12.1 Å². The summed E-state index contributed by atoms with van der Waals surface area (Å²) in [5.41, 5.74) is 2.44. The molecule has 6 heteroatoms. The van der Waals surface area contributed by atoms with E-state index < -0.39 is 10.0 Å². The second-order valence-electron chi connectivity index (χ2n) is 5.57. The molecule has 0 atom stereocenters. The Kier molecular flexibility index (Phi) is 5.75. The number of hydrogen-bond acceptors (Lipinski definition) is 3. The van der Waals surface area contributed by atoms with E-state index in [9.17, 15) is 13.2 Å². The fraction of sp³-hybridized carbons (Fsp3) is 0.278. The molecule has 2 aromatic carbocycles. The maximum atomic E-state index is 12.4. The van der Waals surface area contributed by atoms with Crippen LogP contribution in [0.2, 0.25) is 0 Å². The van der Waals surface area contributed by atoms with Crippen LogP contribution in [-0.2, 0) is 14.8 Å². The first-order valence-corrected chi connectivity index (χ1v) is 9.26. The van der Waals surface area contributed by atoms with Crippen LogP contribution in [0.15, 0.2) is 53.4 Å². The van der Waals surface area contributed by atoms with Crippen LogP contribution < -0.4 is 9.62 Å². The highest BCUT2D eigenvalue weighted by Gasteiger charge is 2.20. The Morgan fingerprint density at radius 2 is 1.79 bits per heavy atom. The minimum Gasteiger partial charge on any atom is -0.312 e. The summed E-state index contributed by atoms with van der Waals surface area (Å²) in [6.45, 7) is 5.72. The van der Waals surface area contributed by atoms with Gasteiger partial charge >= 0.3 is 0 Å². The Bertz CT molecular complexity index is 832. The molecule has 0 saturated carbocycles. The van der Waals surface area contributed by atoms with Crippen molar-refractivity contribution >= 4 is 21.6 Å². The maximum absolute atomic E-state index is 12.4. The first-order chi connectivity index (χ1) is 11.3. The molecule has 5 nitrogen and oxygen atoms in total. The molecular weight excluding hydrogens is 324 g/mol. The van der Waals surface area contributed by atoms with Gasteiger partial charge in [0.2, 0.25) is 15.9 Å². The number of aryl methyl sites for hydroxylation is 2. The minimum atomic E-state index is -3.72. The van der Waals surface area contributed by atoms with Crippen molar-refractivity contribution in [2.45, 2.75) is 25.7 Å². The lowest BCUT2D eigenvalue weighted by atomic mass is 10.2. The van der Waals surface area contributed by atoms with Gasteiger partial charge in [0.25, 0.3) is 0 Å². The van der Waals surface area contributed by atoms with Crippen LogP contribution >= 0.6 is 0 Å². The molecule has 0 aromatic heterocycles. The average molecular weight is 346 g/mol. The number of sulfonamides is 1. The maximum Gasteiger partial charge on any atom is 0.242 e. The van der Waals surface area contributed by atoms with Gasteiger partial charge in [0.15, 0.2) is 0 Å². The number of nitrogens with one attached hydrogen (secondary N) is 1. The number of rotatable bonds is 6. The van der Waals surface area contributed by atoms with Crippen LogP contribution in [0.4, 0.5) is 5.69 Å². The summed E-state index contributed by atoms with van der Waals surface area (Å²) >= 11 is 0. The van der Waals surface area contributed by atoms with Gasteiger partial charge in [-0.3, -0.25) is 4.79 Å². The van der Waals surface area contributed by atoms with E-state index in [0.717, 1.165) is 11.3 Å².